The van der Waals surface area contributed by atoms with E-state index in [4.69, 9.17) is 4.52 Å². The van der Waals surface area contributed by atoms with Crippen molar-refractivity contribution in [3.05, 3.63) is 35.7 Å². The zero-order chi connectivity index (χ0) is 20.4. The van der Waals surface area contributed by atoms with Gasteiger partial charge in [-0.15, -0.1) is 10.2 Å². The minimum absolute atomic E-state index is 0.102. The van der Waals surface area contributed by atoms with E-state index in [0.29, 0.717) is 34.9 Å². The van der Waals surface area contributed by atoms with Gasteiger partial charge in [0.05, 0.1) is 5.75 Å². The average molecular weight is 430 g/mol. The fraction of sp³-hybridized carbons (Fsp3) is 0.450. The molecule has 0 atom stereocenters. The first kappa shape index (κ1) is 20.0. The quantitative estimate of drug-likeness (QED) is 0.371. The molecule has 1 aromatic carbocycles. The maximum Gasteiger partial charge on any atom is 0.237 e. The van der Waals surface area contributed by atoms with Crippen molar-refractivity contribution in [1.82, 2.24) is 20.3 Å². The van der Waals surface area contributed by atoms with Crippen LogP contribution < -0.4 is 4.90 Å². The highest BCUT2D eigenvalue weighted by molar-refractivity contribution is 8.00. The lowest BCUT2D eigenvalue weighted by atomic mass is 10.0. The molecule has 0 spiro atoms. The lowest BCUT2D eigenvalue weighted by Gasteiger charge is -2.17. The van der Waals surface area contributed by atoms with Crippen LogP contribution >= 0.6 is 23.1 Å². The molecule has 1 aliphatic rings. The van der Waals surface area contributed by atoms with Gasteiger partial charge in [0.2, 0.25) is 22.8 Å². The second kappa shape index (κ2) is 8.62. The van der Waals surface area contributed by atoms with Gasteiger partial charge in [-0.25, -0.2) is 0 Å². The van der Waals surface area contributed by atoms with Crippen LogP contribution in [0.15, 0.2) is 33.1 Å². The maximum absolute atomic E-state index is 12.2. The third kappa shape index (κ3) is 4.67. The summed E-state index contributed by atoms with van der Waals surface area (Å²) in [5.74, 6) is 2.23. The van der Waals surface area contributed by atoms with Gasteiger partial charge in [-0.05, 0) is 24.3 Å². The SMILES string of the molecule is CCC(=O)N(c1nnc(SCc2nc(-c3ccc(C(C)C)cc3)no2)s1)C1CC1. The Morgan fingerprint density at radius 1 is 1.28 bits per heavy atom. The number of carbonyl (C=O) groups excluding carboxylic acids is 1. The summed E-state index contributed by atoms with van der Waals surface area (Å²) >= 11 is 2.92. The molecule has 0 radical (unpaired) electrons. The molecule has 1 aliphatic carbocycles. The van der Waals surface area contributed by atoms with Crippen LogP contribution in [-0.2, 0) is 10.5 Å². The van der Waals surface area contributed by atoms with Crippen LogP contribution in [-0.4, -0.2) is 32.3 Å². The van der Waals surface area contributed by atoms with Crippen LogP contribution in [0.4, 0.5) is 5.13 Å². The molecule has 3 aromatic rings. The summed E-state index contributed by atoms with van der Waals surface area (Å²) < 4.78 is 6.17. The molecule has 2 heterocycles. The number of rotatable bonds is 8. The zero-order valence-corrected chi connectivity index (χ0v) is 18.3. The molecule has 29 heavy (non-hydrogen) atoms. The maximum atomic E-state index is 12.2. The van der Waals surface area contributed by atoms with Crippen LogP contribution in [0.5, 0.6) is 0 Å². The Balaban J connectivity index is 1.39. The number of carbonyl (C=O) groups is 1. The first-order chi connectivity index (χ1) is 14.0. The Kier molecular flexibility index (Phi) is 5.96. The van der Waals surface area contributed by atoms with E-state index in [9.17, 15) is 4.79 Å². The molecular formula is C20H23N5O2S2. The zero-order valence-electron chi connectivity index (χ0n) is 16.7. The summed E-state index contributed by atoms with van der Waals surface area (Å²) in [5.41, 5.74) is 2.22. The Bertz CT molecular complexity index is 979. The minimum atomic E-state index is 0.102. The molecule has 7 nitrogen and oxygen atoms in total. The molecule has 0 bridgehead atoms. The second-order valence-electron chi connectivity index (χ2n) is 7.28. The molecule has 2 aromatic heterocycles. The van der Waals surface area contributed by atoms with E-state index in [-0.39, 0.29) is 11.9 Å². The van der Waals surface area contributed by atoms with Crippen LogP contribution in [0.1, 0.15) is 57.4 Å². The van der Waals surface area contributed by atoms with Crippen molar-refractivity contribution in [2.45, 2.75) is 62.1 Å². The van der Waals surface area contributed by atoms with Gasteiger partial charge in [-0.3, -0.25) is 9.69 Å². The molecular weight excluding hydrogens is 406 g/mol. The van der Waals surface area contributed by atoms with Crippen LogP contribution in [0.25, 0.3) is 11.4 Å². The van der Waals surface area contributed by atoms with Crippen LogP contribution in [0.2, 0.25) is 0 Å². The Morgan fingerprint density at radius 3 is 2.69 bits per heavy atom. The fourth-order valence-corrected chi connectivity index (χ4v) is 4.67. The van der Waals surface area contributed by atoms with Gasteiger partial charge in [0.25, 0.3) is 0 Å². The summed E-state index contributed by atoms with van der Waals surface area (Å²) in [6, 6.07) is 8.51. The molecule has 0 aliphatic heterocycles. The molecule has 1 amide bonds. The lowest BCUT2D eigenvalue weighted by Crippen LogP contribution is -2.32. The second-order valence-corrected chi connectivity index (χ2v) is 9.45. The lowest BCUT2D eigenvalue weighted by molar-refractivity contribution is -0.118. The fourth-order valence-electron chi connectivity index (χ4n) is 2.90. The van der Waals surface area contributed by atoms with Crippen molar-refractivity contribution >= 4 is 34.1 Å². The first-order valence-electron chi connectivity index (χ1n) is 9.76. The summed E-state index contributed by atoms with van der Waals surface area (Å²) in [7, 11) is 0. The largest absolute Gasteiger partial charge is 0.338 e. The number of anilines is 1. The van der Waals surface area contributed by atoms with Crippen molar-refractivity contribution in [2.24, 2.45) is 0 Å². The van der Waals surface area contributed by atoms with Gasteiger partial charge in [0.1, 0.15) is 0 Å². The van der Waals surface area contributed by atoms with Gasteiger partial charge in [-0.2, -0.15) is 4.98 Å². The highest BCUT2D eigenvalue weighted by Crippen LogP contribution is 2.36. The minimum Gasteiger partial charge on any atom is -0.338 e. The summed E-state index contributed by atoms with van der Waals surface area (Å²) in [4.78, 5) is 18.5. The highest BCUT2D eigenvalue weighted by Gasteiger charge is 2.35. The molecule has 0 N–H and O–H groups in total. The third-order valence-corrected chi connectivity index (χ3v) is 6.75. The van der Waals surface area contributed by atoms with Gasteiger partial charge in [0.15, 0.2) is 4.34 Å². The van der Waals surface area contributed by atoms with E-state index in [1.54, 1.807) is 4.90 Å². The third-order valence-electron chi connectivity index (χ3n) is 4.71. The van der Waals surface area contributed by atoms with Crippen molar-refractivity contribution in [1.29, 1.82) is 0 Å². The van der Waals surface area contributed by atoms with E-state index in [2.05, 4.69) is 46.3 Å². The number of nitrogens with zero attached hydrogens (tertiary/aromatic N) is 5. The van der Waals surface area contributed by atoms with Crippen molar-refractivity contribution in [2.75, 3.05) is 4.90 Å². The van der Waals surface area contributed by atoms with Crippen LogP contribution in [0.3, 0.4) is 0 Å². The number of hydrogen-bond acceptors (Lipinski definition) is 8. The Hall–Kier alpha value is -2.26. The first-order valence-corrected chi connectivity index (χ1v) is 11.6. The number of thioether (sulfide) groups is 1. The predicted molar refractivity (Wildman–Crippen MR) is 114 cm³/mol. The van der Waals surface area contributed by atoms with Gasteiger partial charge >= 0.3 is 0 Å². The molecule has 0 saturated heterocycles. The summed E-state index contributed by atoms with van der Waals surface area (Å²) in [6.45, 7) is 6.21. The average Bonchev–Trinajstić information content (AvgIpc) is 3.25. The molecule has 9 heteroatoms. The van der Waals surface area contributed by atoms with Gasteiger partial charge in [0, 0.05) is 18.0 Å². The summed E-state index contributed by atoms with van der Waals surface area (Å²) in [6.07, 6.45) is 2.55. The number of benzene rings is 1. The van der Waals surface area contributed by atoms with E-state index in [0.717, 1.165) is 22.7 Å². The van der Waals surface area contributed by atoms with E-state index < -0.39 is 0 Å². The topological polar surface area (TPSA) is 85.0 Å². The molecule has 1 fully saturated rings. The number of amides is 1. The van der Waals surface area contributed by atoms with E-state index in [1.165, 1.54) is 28.7 Å². The van der Waals surface area contributed by atoms with Crippen LogP contribution in [0, 0.1) is 0 Å². The van der Waals surface area contributed by atoms with E-state index in [1.807, 2.05) is 19.1 Å². The number of hydrogen-bond donors (Lipinski definition) is 0. The smallest absolute Gasteiger partial charge is 0.237 e. The Morgan fingerprint density at radius 2 is 2.03 bits per heavy atom. The molecule has 1 saturated carbocycles. The van der Waals surface area contributed by atoms with Crippen molar-refractivity contribution in [3.63, 3.8) is 0 Å². The molecule has 152 valence electrons. The van der Waals surface area contributed by atoms with Gasteiger partial charge in [-0.1, -0.05) is 73.3 Å². The predicted octanol–water partition coefficient (Wildman–Crippen LogP) is 4.91. The van der Waals surface area contributed by atoms with E-state index >= 15 is 0 Å². The summed E-state index contributed by atoms with van der Waals surface area (Å²) in [5, 5.41) is 13.2. The monoisotopic (exact) mass is 429 g/mol. The Labute approximate surface area is 177 Å². The molecule has 4 rings (SSSR count). The van der Waals surface area contributed by atoms with Crippen molar-refractivity contribution < 1.29 is 9.32 Å². The highest BCUT2D eigenvalue weighted by atomic mass is 32.2. The normalized spacial score (nSPS) is 13.8. The standard InChI is InChI=1S/C20H23N5O2S2/c1-4-17(26)25(15-9-10-15)19-22-23-20(29-19)28-11-16-21-18(24-27-16)14-7-5-13(6-8-14)12(2)3/h5-8,12,15H,4,9-11H2,1-3H3. The van der Waals surface area contributed by atoms with Gasteiger partial charge < -0.3 is 4.52 Å². The molecule has 0 unspecified atom stereocenters. The van der Waals surface area contributed by atoms with Crippen molar-refractivity contribution in [3.8, 4) is 11.4 Å². The number of aromatic nitrogens is 4.